The second-order valence-electron chi connectivity index (χ2n) is 5.64. The molecule has 6 heteroatoms. The van der Waals surface area contributed by atoms with Gasteiger partial charge in [-0.2, -0.15) is 0 Å². The van der Waals surface area contributed by atoms with Crippen LogP contribution in [0.25, 0.3) is 5.69 Å². The van der Waals surface area contributed by atoms with Crippen LogP contribution in [0.3, 0.4) is 0 Å². The molecule has 0 saturated carbocycles. The van der Waals surface area contributed by atoms with Gasteiger partial charge < -0.3 is 5.11 Å². The van der Waals surface area contributed by atoms with E-state index in [1.165, 1.54) is 0 Å². The molecule has 0 amide bonds. The van der Waals surface area contributed by atoms with Crippen molar-refractivity contribution >= 4 is 17.6 Å². The van der Waals surface area contributed by atoms with Gasteiger partial charge in [-0.1, -0.05) is 43.7 Å². The zero-order chi connectivity index (χ0) is 15.1. The van der Waals surface area contributed by atoms with Gasteiger partial charge in [-0.05, 0) is 24.6 Å². The summed E-state index contributed by atoms with van der Waals surface area (Å²) in [5, 5.41) is 17.7. The number of aromatic carboxylic acids is 1. The lowest BCUT2D eigenvalue weighted by Gasteiger charge is -2.21. The van der Waals surface area contributed by atoms with Gasteiger partial charge in [-0.15, -0.1) is 5.10 Å². The molecule has 1 heterocycles. The highest BCUT2D eigenvalue weighted by atomic mass is 35.5. The third kappa shape index (κ3) is 2.41. The van der Waals surface area contributed by atoms with Crippen molar-refractivity contribution in [3.63, 3.8) is 0 Å². The predicted molar refractivity (Wildman–Crippen MR) is 76.8 cm³/mol. The smallest absolute Gasteiger partial charge is 0.358 e. The fourth-order valence-electron chi connectivity index (χ4n) is 2.09. The molecule has 0 atom stereocenters. The highest BCUT2D eigenvalue weighted by molar-refractivity contribution is 6.31. The molecule has 5 nitrogen and oxygen atoms in total. The van der Waals surface area contributed by atoms with Crippen LogP contribution in [0.5, 0.6) is 0 Å². The lowest BCUT2D eigenvalue weighted by Crippen LogP contribution is -2.21. The van der Waals surface area contributed by atoms with Crippen molar-refractivity contribution < 1.29 is 9.90 Å². The highest BCUT2D eigenvalue weighted by Gasteiger charge is 2.30. The summed E-state index contributed by atoms with van der Waals surface area (Å²) in [6, 6.07) is 5.43. The third-order valence-electron chi connectivity index (χ3n) is 3.05. The summed E-state index contributed by atoms with van der Waals surface area (Å²) in [7, 11) is 0. The van der Waals surface area contributed by atoms with Gasteiger partial charge in [0.15, 0.2) is 5.69 Å². The normalized spacial score (nSPS) is 11.7. The monoisotopic (exact) mass is 293 g/mol. The summed E-state index contributed by atoms with van der Waals surface area (Å²) in [6.07, 6.45) is 0. The summed E-state index contributed by atoms with van der Waals surface area (Å²) >= 11 is 6.12. The molecule has 0 aliphatic rings. The van der Waals surface area contributed by atoms with E-state index in [-0.39, 0.29) is 5.69 Å². The van der Waals surface area contributed by atoms with Crippen LogP contribution in [0.1, 0.15) is 42.5 Å². The summed E-state index contributed by atoms with van der Waals surface area (Å²) < 4.78 is 1.56. The van der Waals surface area contributed by atoms with E-state index >= 15 is 0 Å². The number of nitrogens with zero attached hydrogens (tertiary/aromatic N) is 3. The highest BCUT2D eigenvalue weighted by Crippen LogP contribution is 2.29. The Morgan fingerprint density at radius 1 is 1.35 bits per heavy atom. The van der Waals surface area contributed by atoms with E-state index in [1.807, 2.05) is 33.8 Å². The van der Waals surface area contributed by atoms with Crippen LogP contribution >= 0.6 is 11.6 Å². The van der Waals surface area contributed by atoms with E-state index in [4.69, 9.17) is 11.6 Å². The average Bonchev–Trinajstić information content (AvgIpc) is 2.77. The molecule has 0 saturated heterocycles. The van der Waals surface area contributed by atoms with Crippen LogP contribution < -0.4 is 0 Å². The lowest BCUT2D eigenvalue weighted by molar-refractivity contribution is 0.0687. The first-order valence-corrected chi connectivity index (χ1v) is 6.56. The van der Waals surface area contributed by atoms with Gasteiger partial charge in [-0.25, -0.2) is 9.48 Å². The zero-order valence-corrected chi connectivity index (χ0v) is 12.6. The summed E-state index contributed by atoms with van der Waals surface area (Å²) in [6.45, 7) is 7.64. The molecule has 0 fully saturated rings. The van der Waals surface area contributed by atoms with Crippen LogP contribution in [0, 0.1) is 6.92 Å². The Labute approximate surface area is 122 Å². The Hall–Kier alpha value is -1.88. The number of rotatable bonds is 2. The van der Waals surface area contributed by atoms with Crippen molar-refractivity contribution in [3.05, 3.63) is 40.2 Å². The summed E-state index contributed by atoms with van der Waals surface area (Å²) in [5.41, 5.74) is 1.68. The van der Waals surface area contributed by atoms with E-state index in [0.717, 1.165) is 11.3 Å². The van der Waals surface area contributed by atoms with E-state index in [2.05, 4.69) is 10.3 Å². The molecule has 0 radical (unpaired) electrons. The first kappa shape index (κ1) is 14.5. The number of halogens is 1. The number of carboxylic acids is 1. The van der Waals surface area contributed by atoms with E-state index < -0.39 is 11.4 Å². The van der Waals surface area contributed by atoms with E-state index in [0.29, 0.717) is 10.7 Å². The Morgan fingerprint density at radius 2 is 2.00 bits per heavy atom. The number of hydrogen-bond donors (Lipinski definition) is 1. The SMILES string of the molecule is Cc1c(Cl)cccc1-n1nnc(C(=O)O)c1C(C)(C)C. The molecular formula is C14H16ClN3O2. The third-order valence-corrected chi connectivity index (χ3v) is 3.46. The molecular weight excluding hydrogens is 278 g/mol. The number of carbonyl (C=O) groups is 1. The maximum Gasteiger partial charge on any atom is 0.358 e. The van der Waals surface area contributed by atoms with Gasteiger partial charge >= 0.3 is 5.97 Å². The molecule has 1 aromatic heterocycles. The van der Waals surface area contributed by atoms with E-state index in [9.17, 15) is 9.90 Å². The van der Waals surface area contributed by atoms with Crippen molar-refractivity contribution in [2.24, 2.45) is 0 Å². The summed E-state index contributed by atoms with van der Waals surface area (Å²) in [5.74, 6) is -1.08. The second kappa shape index (κ2) is 4.90. The number of benzene rings is 1. The van der Waals surface area contributed by atoms with Crippen molar-refractivity contribution in [3.8, 4) is 5.69 Å². The van der Waals surface area contributed by atoms with E-state index in [1.54, 1.807) is 16.8 Å². The number of carboxylic acid groups (broad SMARTS) is 1. The molecule has 0 aliphatic heterocycles. The quantitative estimate of drug-likeness (QED) is 0.923. The minimum Gasteiger partial charge on any atom is -0.476 e. The van der Waals surface area contributed by atoms with Gasteiger partial charge in [0.1, 0.15) is 0 Å². The van der Waals surface area contributed by atoms with Gasteiger partial charge in [0.25, 0.3) is 0 Å². The van der Waals surface area contributed by atoms with Crippen molar-refractivity contribution in [2.75, 3.05) is 0 Å². The predicted octanol–water partition coefficient (Wildman–Crippen LogP) is 3.22. The van der Waals surface area contributed by atoms with Crippen molar-refractivity contribution in [1.29, 1.82) is 0 Å². The molecule has 1 aromatic carbocycles. The second-order valence-corrected chi connectivity index (χ2v) is 6.04. The molecule has 2 rings (SSSR count). The van der Waals surface area contributed by atoms with Gasteiger partial charge in [0.05, 0.1) is 11.4 Å². The average molecular weight is 294 g/mol. The first-order valence-electron chi connectivity index (χ1n) is 6.18. The zero-order valence-electron chi connectivity index (χ0n) is 11.8. The van der Waals surface area contributed by atoms with Crippen LogP contribution in [0.2, 0.25) is 5.02 Å². The molecule has 20 heavy (non-hydrogen) atoms. The molecule has 0 aliphatic carbocycles. The maximum absolute atomic E-state index is 11.3. The Morgan fingerprint density at radius 3 is 2.55 bits per heavy atom. The molecule has 2 aromatic rings. The van der Waals surface area contributed by atoms with Crippen LogP contribution in [0.15, 0.2) is 18.2 Å². The molecule has 0 spiro atoms. The molecule has 0 bridgehead atoms. The van der Waals surface area contributed by atoms with Crippen LogP contribution in [-0.2, 0) is 5.41 Å². The van der Waals surface area contributed by atoms with Crippen molar-refractivity contribution in [2.45, 2.75) is 33.1 Å². The molecule has 0 unspecified atom stereocenters. The van der Waals surface area contributed by atoms with Gasteiger partial charge in [-0.3, -0.25) is 0 Å². The Balaban J connectivity index is 2.76. The van der Waals surface area contributed by atoms with Crippen molar-refractivity contribution in [1.82, 2.24) is 15.0 Å². The summed E-state index contributed by atoms with van der Waals surface area (Å²) in [4.78, 5) is 11.3. The van der Waals surface area contributed by atoms with Gasteiger partial charge in [0, 0.05) is 10.4 Å². The standard InChI is InChI=1S/C14H16ClN3O2/c1-8-9(15)6-5-7-10(8)18-12(14(2,3)4)11(13(19)20)16-17-18/h5-7H,1-4H3,(H,19,20). The fourth-order valence-corrected chi connectivity index (χ4v) is 2.26. The van der Waals surface area contributed by atoms with Gasteiger partial charge in [0.2, 0.25) is 0 Å². The largest absolute Gasteiger partial charge is 0.476 e. The Kier molecular flexibility index (Phi) is 3.56. The van der Waals surface area contributed by atoms with Crippen LogP contribution in [-0.4, -0.2) is 26.1 Å². The fraction of sp³-hybridized carbons (Fsp3) is 0.357. The van der Waals surface area contributed by atoms with Crippen LogP contribution in [0.4, 0.5) is 0 Å². The Bertz CT molecular complexity index is 672. The molecule has 1 N–H and O–H groups in total. The maximum atomic E-state index is 11.3. The molecule has 106 valence electrons. The minimum absolute atomic E-state index is 0.0307. The first-order chi connectivity index (χ1) is 9.23. The lowest BCUT2D eigenvalue weighted by atomic mass is 9.90. The number of hydrogen-bond acceptors (Lipinski definition) is 3. The number of aromatic nitrogens is 3. The minimum atomic E-state index is -1.08. The topological polar surface area (TPSA) is 68.0 Å².